The zero-order valence-electron chi connectivity index (χ0n) is 18.9. The maximum Gasteiger partial charge on any atom is 0.294 e. The van der Waals surface area contributed by atoms with Crippen molar-refractivity contribution in [1.29, 1.82) is 0 Å². The number of methoxy groups -OCH3 is 1. The Balaban J connectivity index is 1.53. The molecule has 0 radical (unpaired) electrons. The number of hydrogen-bond donors (Lipinski definition) is 1. The molecule has 3 aromatic rings. The van der Waals surface area contributed by atoms with E-state index >= 15 is 0 Å². The molecule has 5 rings (SSSR count). The number of ketones is 1. The topological polar surface area (TPSA) is 92.9 Å². The lowest BCUT2D eigenvalue weighted by molar-refractivity contribution is -0.117. The fourth-order valence-corrected chi connectivity index (χ4v) is 5.10. The molecule has 0 spiro atoms. The molecule has 7 heteroatoms. The molecular formula is C27H26N2O5. The van der Waals surface area contributed by atoms with Crippen molar-refractivity contribution in [2.24, 2.45) is 5.92 Å². The van der Waals surface area contributed by atoms with Crippen molar-refractivity contribution in [3.63, 3.8) is 0 Å². The van der Waals surface area contributed by atoms with Crippen LogP contribution in [0.3, 0.4) is 0 Å². The van der Waals surface area contributed by atoms with Crippen LogP contribution >= 0.6 is 0 Å². The summed E-state index contributed by atoms with van der Waals surface area (Å²) in [5, 5.41) is 14.7. The Hall–Kier alpha value is -3.87. The SMILES string of the molecule is COc1ccc(C(=O)C2=C(O)C(=O)N(c3ccc(-c4cnoc4)cc3)C2C2CCCCC2)cc1. The van der Waals surface area contributed by atoms with Gasteiger partial charge in [-0.3, -0.25) is 14.5 Å². The minimum Gasteiger partial charge on any atom is -0.503 e. The molecule has 1 aliphatic carbocycles. The first-order valence-electron chi connectivity index (χ1n) is 11.5. The van der Waals surface area contributed by atoms with E-state index in [-0.39, 0.29) is 17.3 Å². The van der Waals surface area contributed by atoms with Crippen LogP contribution in [-0.2, 0) is 4.79 Å². The van der Waals surface area contributed by atoms with Gasteiger partial charge in [0.1, 0.15) is 12.0 Å². The van der Waals surface area contributed by atoms with Gasteiger partial charge >= 0.3 is 0 Å². The maximum atomic E-state index is 13.6. The van der Waals surface area contributed by atoms with E-state index in [0.29, 0.717) is 17.0 Å². The number of rotatable bonds is 6. The van der Waals surface area contributed by atoms with Crippen molar-refractivity contribution in [1.82, 2.24) is 5.16 Å². The number of nitrogens with zero attached hydrogens (tertiary/aromatic N) is 2. The van der Waals surface area contributed by atoms with Gasteiger partial charge in [-0.15, -0.1) is 0 Å². The maximum absolute atomic E-state index is 13.6. The Morgan fingerprint density at radius 3 is 2.35 bits per heavy atom. The number of carbonyl (C=O) groups is 2. The van der Waals surface area contributed by atoms with Crippen LogP contribution in [0.1, 0.15) is 42.5 Å². The summed E-state index contributed by atoms with van der Waals surface area (Å²) in [4.78, 5) is 28.5. The minimum absolute atomic E-state index is 0.0947. The monoisotopic (exact) mass is 458 g/mol. The second-order valence-corrected chi connectivity index (χ2v) is 8.80. The number of benzene rings is 2. The predicted octanol–water partition coefficient (Wildman–Crippen LogP) is 5.34. The summed E-state index contributed by atoms with van der Waals surface area (Å²) in [5.74, 6) is -0.592. The van der Waals surface area contributed by atoms with Crippen LogP contribution in [0.15, 0.2) is 76.8 Å². The van der Waals surface area contributed by atoms with Gasteiger partial charge in [-0.05, 0) is 60.7 Å². The smallest absolute Gasteiger partial charge is 0.294 e. The summed E-state index contributed by atoms with van der Waals surface area (Å²) in [7, 11) is 1.56. The number of hydrogen-bond acceptors (Lipinski definition) is 6. The number of Topliss-reactive ketones (excluding diaryl/α,β-unsaturated/α-hetero) is 1. The number of aliphatic hydroxyl groups is 1. The molecule has 1 N–H and O–H groups in total. The fraction of sp³-hybridized carbons (Fsp3) is 0.296. The number of carbonyl (C=O) groups excluding carboxylic acids is 2. The zero-order chi connectivity index (χ0) is 23.7. The first-order valence-corrected chi connectivity index (χ1v) is 11.5. The van der Waals surface area contributed by atoms with E-state index in [2.05, 4.69) is 5.16 Å². The van der Waals surface area contributed by atoms with Crippen LogP contribution in [0, 0.1) is 5.92 Å². The Kier molecular flexibility index (Phi) is 5.92. The molecule has 34 heavy (non-hydrogen) atoms. The van der Waals surface area contributed by atoms with Crippen molar-refractivity contribution in [3.8, 4) is 16.9 Å². The highest BCUT2D eigenvalue weighted by molar-refractivity contribution is 6.20. The molecule has 174 valence electrons. The highest BCUT2D eigenvalue weighted by atomic mass is 16.5. The number of ether oxygens (including phenoxy) is 1. The fourth-order valence-electron chi connectivity index (χ4n) is 5.10. The molecule has 1 atom stereocenters. The zero-order valence-corrected chi connectivity index (χ0v) is 18.9. The molecular weight excluding hydrogens is 432 g/mol. The summed E-state index contributed by atoms with van der Waals surface area (Å²) in [6.45, 7) is 0. The van der Waals surface area contributed by atoms with Gasteiger partial charge in [0, 0.05) is 16.8 Å². The minimum atomic E-state index is -0.537. The molecule has 0 saturated heterocycles. The lowest BCUT2D eigenvalue weighted by atomic mass is 9.79. The molecule has 2 aliphatic rings. The molecule has 1 unspecified atom stereocenters. The van der Waals surface area contributed by atoms with Crippen LogP contribution < -0.4 is 9.64 Å². The summed E-state index contributed by atoms with van der Waals surface area (Å²) in [5.41, 5.74) is 2.98. The van der Waals surface area contributed by atoms with Gasteiger partial charge in [-0.1, -0.05) is 36.6 Å². The van der Waals surface area contributed by atoms with Crippen molar-refractivity contribution < 1.29 is 24.0 Å². The van der Waals surface area contributed by atoms with Gasteiger partial charge in [0.25, 0.3) is 5.91 Å². The second kappa shape index (κ2) is 9.17. The van der Waals surface area contributed by atoms with E-state index in [1.165, 1.54) is 0 Å². The van der Waals surface area contributed by atoms with E-state index in [1.54, 1.807) is 48.7 Å². The van der Waals surface area contributed by atoms with Gasteiger partial charge in [0.15, 0.2) is 11.5 Å². The largest absolute Gasteiger partial charge is 0.503 e. The second-order valence-electron chi connectivity index (χ2n) is 8.80. The van der Waals surface area contributed by atoms with E-state index in [1.807, 2.05) is 24.3 Å². The summed E-state index contributed by atoms with van der Waals surface area (Å²) >= 11 is 0. The van der Waals surface area contributed by atoms with Crippen LogP contribution in [0.25, 0.3) is 11.1 Å². The third-order valence-corrected chi connectivity index (χ3v) is 6.85. The molecule has 2 aromatic carbocycles. The van der Waals surface area contributed by atoms with E-state index < -0.39 is 17.7 Å². The van der Waals surface area contributed by atoms with Crippen LogP contribution in [0.5, 0.6) is 5.75 Å². The van der Waals surface area contributed by atoms with E-state index in [9.17, 15) is 14.7 Å². The number of amides is 1. The Labute approximate surface area is 197 Å². The number of aromatic nitrogens is 1. The molecule has 1 aromatic heterocycles. The summed E-state index contributed by atoms with van der Waals surface area (Å²) in [6.07, 6.45) is 8.21. The quantitative estimate of drug-likeness (QED) is 0.501. The van der Waals surface area contributed by atoms with Gasteiger partial charge in [0.05, 0.1) is 24.9 Å². The highest BCUT2D eigenvalue weighted by Gasteiger charge is 2.47. The van der Waals surface area contributed by atoms with Crippen LogP contribution in [0.4, 0.5) is 5.69 Å². The number of aliphatic hydroxyl groups excluding tert-OH is 1. The molecule has 1 amide bonds. The standard InChI is InChI=1S/C27H26N2O5/c1-33-22-13-9-19(10-14-22)25(30)23-24(18-5-3-2-4-6-18)29(27(32)26(23)31)21-11-7-17(8-12-21)20-15-28-34-16-20/h7-16,18,24,31H,2-6H2,1H3. The number of anilines is 1. The van der Waals surface area contributed by atoms with E-state index in [4.69, 9.17) is 9.26 Å². The normalized spacial score (nSPS) is 19.0. The van der Waals surface area contributed by atoms with Gasteiger partial charge in [0.2, 0.25) is 0 Å². The molecule has 1 aliphatic heterocycles. The molecule has 7 nitrogen and oxygen atoms in total. The Bertz CT molecular complexity index is 1210. The van der Waals surface area contributed by atoms with Gasteiger partial charge < -0.3 is 14.4 Å². The Morgan fingerprint density at radius 1 is 1.03 bits per heavy atom. The first-order chi connectivity index (χ1) is 16.6. The van der Waals surface area contributed by atoms with Gasteiger partial charge in [-0.25, -0.2) is 0 Å². The van der Waals surface area contributed by atoms with Gasteiger partial charge in [-0.2, -0.15) is 0 Å². The van der Waals surface area contributed by atoms with Crippen LogP contribution in [0.2, 0.25) is 0 Å². The highest BCUT2D eigenvalue weighted by Crippen LogP contribution is 2.41. The third kappa shape index (κ3) is 3.87. The van der Waals surface area contributed by atoms with Crippen molar-refractivity contribution >= 4 is 17.4 Å². The predicted molar refractivity (Wildman–Crippen MR) is 127 cm³/mol. The lowest BCUT2D eigenvalue weighted by Gasteiger charge is -2.35. The lowest BCUT2D eigenvalue weighted by Crippen LogP contribution is -2.42. The third-order valence-electron chi connectivity index (χ3n) is 6.85. The average molecular weight is 459 g/mol. The molecule has 1 fully saturated rings. The molecule has 2 heterocycles. The Morgan fingerprint density at radius 2 is 1.74 bits per heavy atom. The summed E-state index contributed by atoms with van der Waals surface area (Å²) in [6, 6.07) is 13.7. The summed E-state index contributed by atoms with van der Waals surface area (Å²) < 4.78 is 10.1. The first kappa shape index (κ1) is 21.9. The average Bonchev–Trinajstić information content (AvgIpc) is 3.52. The van der Waals surface area contributed by atoms with Crippen molar-refractivity contribution in [2.75, 3.05) is 12.0 Å². The van der Waals surface area contributed by atoms with Crippen LogP contribution in [-0.4, -0.2) is 35.1 Å². The molecule has 1 saturated carbocycles. The molecule has 0 bridgehead atoms. The van der Waals surface area contributed by atoms with E-state index in [0.717, 1.165) is 43.2 Å². The van der Waals surface area contributed by atoms with Crippen molar-refractivity contribution in [2.45, 2.75) is 38.1 Å². The van der Waals surface area contributed by atoms with Crippen molar-refractivity contribution in [3.05, 3.63) is 77.9 Å².